The second-order valence-corrected chi connectivity index (χ2v) is 4.76. The van der Waals surface area contributed by atoms with Crippen molar-refractivity contribution < 1.29 is 19.2 Å². The Balaban J connectivity index is 1.88. The molecule has 2 aromatic rings. The molecule has 2 heterocycles. The van der Waals surface area contributed by atoms with Gasteiger partial charge in [0.25, 0.3) is 11.8 Å². The number of amides is 2. The van der Waals surface area contributed by atoms with Crippen LogP contribution >= 0.6 is 0 Å². The minimum Gasteiger partial charge on any atom is -0.323 e. The van der Waals surface area contributed by atoms with Crippen LogP contribution in [0.1, 0.15) is 36.8 Å². The van der Waals surface area contributed by atoms with Gasteiger partial charge in [0.1, 0.15) is 5.69 Å². The summed E-state index contributed by atoms with van der Waals surface area (Å²) in [5.41, 5.74) is 0.269. The monoisotopic (exact) mass is 298 g/mol. The molecular formula is C15H10N2O5. The van der Waals surface area contributed by atoms with E-state index < -0.39 is 23.3 Å². The lowest BCUT2D eigenvalue weighted by molar-refractivity contribution is -0.0588. The van der Waals surface area contributed by atoms with Crippen molar-refractivity contribution >= 4 is 17.8 Å². The fraction of sp³-hybridized carbons (Fsp3) is 0.0667. The number of carbonyl (C=O) groups excluding carboxylic acids is 3. The number of aromatic amines is 1. The summed E-state index contributed by atoms with van der Waals surface area (Å²) in [4.78, 5) is 54.6. The minimum atomic E-state index is -0.990. The van der Waals surface area contributed by atoms with Gasteiger partial charge in [0, 0.05) is 6.07 Å². The number of imide groups is 1. The molecule has 0 bridgehead atoms. The van der Waals surface area contributed by atoms with Gasteiger partial charge in [-0.2, -0.15) is 0 Å². The van der Waals surface area contributed by atoms with E-state index in [-0.39, 0.29) is 16.8 Å². The quantitative estimate of drug-likeness (QED) is 0.836. The molecule has 2 amide bonds. The van der Waals surface area contributed by atoms with Crippen LogP contribution in [-0.4, -0.2) is 27.8 Å². The van der Waals surface area contributed by atoms with E-state index in [1.54, 1.807) is 19.1 Å². The molecule has 1 aliphatic heterocycles. The van der Waals surface area contributed by atoms with Gasteiger partial charge in [-0.3, -0.25) is 14.4 Å². The summed E-state index contributed by atoms with van der Waals surface area (Å²) >= 11 is 0. The smallest absolute Gasteiger partial charge is 0.323 e. The molecule has 0 aliphatic carbocycles. The SMILES string of the molecule is Cc1cc(C(=O)ON2C(=O)c3ccccc3C2=O)[nH]c(=O)c1. The first-order chi connectivity index (χ1) is 10.5. The van der Waals surface area contributed by atoms with Crippen LogP contribution in [0.3, 0.4) is 0 Å². The molecule has 0 unspecified atom stereocenters. The average Bonchev–Trinajstić information content (AvgIpc) is 2.72. The van der Waals surface area contributed by atoms with Crippen LogP contribution < -0.4 is 5.56 Å². The normalized spacial score (nSPS) is 13.2. The van der Waals surface area contributed by atoms with Crippen molar-refractivity contribution in [2.45, 2.75) is 6.92 Å². The van der Waals surface area contributed by atoms with Crippen molar-refractivity contribution in [3.63, 3.8) is 0 Å². The Labute approximate surface area is 124 Å². The highest BCUT2D eigenvalue weighted by Crippen LogP contribution is 2.23. The summed E-state index contributed by atoms with van der Waals surface area (Å²) in [5.74, 6) is -2.43. The average molecular weight is 298 g/mol. The fourth-order valence-corrected chi connectivity index (χ4v) is 2.17. The van der Waals surface area contributed by atoms with Crippen LogP contribution in [-0.2, 0) is 4.84 Å². The first-order valence-corrected chi connectivity index (χ1v) is 6.38. The molecule has 1 aliphatic rings. The lowest BCUT2D eigenvalue weighted by Gasteiger charge is -2.12. The predicted molar refractivity (Wildman–Crippen MR) is 74.2 cm³/mol. The summed E-state index contributed by atoms with van der Waals surface area (Å²) in [7, 11) is 0. The van der Waals surface area contributed by atoms with E-state index in [1.165, 1.54) is 24.3 Å². The number of aryl methyl sites for hydroxylation is 1. The molecular weight excluding hydrogens is 288 g/mol. The zero-order chi connectivity index (χ0) is 15.9. The van der Waals surface area contributed by atoms with E-state index in [4.69, 9.17) is 4.84 Å². The number of hydrogen-bond acceptors (Lipinski definition) is 5. The van der Waals surface area contributed by atoms with Gasteiger partial charge < -0.3 is 9.82 Å². The third-order valence-corrected chi connectivity index (χ3v) is 3.14. The highest BCUT2D eigenvalue weighted by molar-refractivity contribution is 6.21. The Morgan fingerprint density at radius 1 is 1.05 bits per heavy atom. The van der Waals surface area contributed by atoms with Crippen molar-refractivity contribution in [3.8, 4) is 0 Å². The molecule has 110 valence electrons. The van der Waals surface area contributed by atoms with E-state index in [2.05, 4.69) is 4.98 Å². The van der Waals surface area contributed by atoms with Crippen molar-refractivity contribution in [2.75, 3.05) is 0 Å². The number of H-pyrrole nitrogens is 1. The van der Waals surface area contributed by atoms with Gasteiger partial charge in [0.05, 0.1) is 11.1 Å². The van der Waals surface area contributed by atoms with E-state index in [9.17, 15) is 19.2 Å². The summed E-state index contributed by atoms with van der Waals surface area (Å²) in [5, 5.41) is 0.396. The van der Waals surface area contributed by atoms with E-state index in [0.29, 0.717) is 10.6 Å². The van der Waals surface area contributed by atoms with E-state index >= 15 is 0 Å². The number of fused-ring (bicyclic) bond motifs is 1. The Bertz CT molecular complexity index is 833. The molecule has 0 spiro atoms. The number of aromatic nitrogens is 1. The van der Waals surface area contributed by atoms with Gasteiger partial charge in [-0.25, -0.2) is 4.79 Å². The van der Waals surface area contributed by atoms with Crippen LogP contribution in [0.5, 0.6) is 0 Å². The first-order valence-electron chi connectivity index (χ1n) is 6.38. The van der Waals surface area contributed by atoms with E-state index in [0.717, 1.165) is 0 Å². The van der Waals surface area contributed by atoms with Crippen molar-refractivity contribution in [1.82, 2.24) is 10.0 Å². The molecule has 1 N–H and O–H groups in total. The Kier molecular flexibility index (Phi) is 3.10. The number of benzene rings is 1. The molecule has 1 aromatic carbocycles. The van der Waals surface area contributed by atoms with Crippen molar-refractivity contribution in [2.24, 2.45) is 0 Å². The molecule has 0 radical (unpaired) electrons. The van der Waals surface area contributed by atoms with Crippen molar-refractivity contribution in [1.29, 1.82) is 0 Å². The molecule has 7 heteroatoms. The zero-order valence-corrected chi connectivity index (χ0v) is 11.5. The molecule has 0 saturated heterocycles. The number of carbonyl (C=O) groups is 3. The highest BCUT2D eigenvalue weighted by Gasteiger charge is 2.38. The van der Waals surface area contributed by atoms with Crippen LogP contribution in [0.4, 0.5) is 0 Å². The Morgan fingerprint density at radius 3 is 2.18 bits per heavy atom. The third kappa shape index (κ3) is 2.18. The second-order valence-electron chi connectivity index (χ2n) is 4.76. The number of rotatable bonds is 2. The maximum absolute atomic E-state index is 12.1. The maximum Gasteiger partial charge on any atom is 0.380 e. The molecule has 0 fully saturated rings. The molecule has 7 nitrogen and oxygen atoms in total. The lowest BCUT2D eigenvalue weighted by Crippen LogP contribution is -2.33. The van der Waals surface area contributed by atoms with Crippen molar-refractivity contribution in [3.05, 3.63) is 69.1 Å². The van der Waals surface area contributed by atoms with Gasteiger partial charge >= 0.3 is 5.97 Å². The van der Waals surface area contributed by atoms with Crippen LogP contribution in [0.25, 0.3) is 0 Å². The van der Waals surface area contributed by atoms with Gasteiger partial charge in [-0.05, 0) is 30.7 Å². The molecule has 0 saturated carbocycles. The van der Waals surface area contributed by atoms with Gasteiger partial charge in [-0.15, -0.1) is 0 Å². The number of pyridine rings is 1. The molecule has 3 rings (SSSR count). The third-order valence-electron chi connectivity index (χ3n) is 3.14. The Morgan fingerprint density at radius 2 is 1.64 bits per heavy atom. The fourth-order valence-electron chi connectivity index (χ4n) is 2.17. The molecule has 22 heavy (non-hydrogen) atoms. The van der Waals surface area contributed by atoms with E-state index in [1.807, 2.05) is 0 Å². The Hall–Kier alpha value is -3.22. The highest BCUT2D eigenvalue weighted by atomic mass is 16.7. The molecule has 1 aromatic heterocycles. The largest absolute Gasteiger partial charge is 0.380 e. The maximum atomic E-state index is 12.1. The first kappa shape index (κ1) is 13.7. The molecule has 0 atom stereocenters. The standard InChI is InChI=1S/C15H10N2O5/c1-8-6-11(16-12(18)7-8)15(21)22-17-13(19)9-4-2-3-5-10(9)14(17)20/h2-7H,1H3,(H,16,18). The summed E-state index contributed by atoms with van der Waals surface area (Å²) in [6.07, 6.45) is 0. The zero-order valence-electron chi connectivity index (χ0n) is 11.5. The lowest BCUT2D eigenvalue weighted by atomic mass is 10.1. The number of hydrogen-bond donors (Lipinski definition) is 1. The van der Waals surface area contributed by atoms with Crippen LogP contribution in [0.15, 0.2) is 41.2 Å². The predicted octanol–water partition coefficient (Wildman–Crippen LogP) is 1.05. The van der Waals surface area contributed by atoms with Gasteiger partial charge in [0.2, 0.25) is 5.56 Å². The topological polar surface area (TPSA) is 96.5 Å². The second kappa shape index (κ2) is 4.96. The van der Waals surface area contributed by atoms with Gasteiger partial charge in [-0.1, -0.05) is 17.2 Å². The number of hydroxylamine groups is 2. The van der Waals surface area contributed by atoms with Crippen LogP contribution in [0, 0.1) is 6.92 Å². The summed E-state index contributed by atoms with van der Waals surface area (Å²) < 4.78 is 0. The summed E-state index contributed by atoms with van der Waals surface area (Å²) in [6, 6.07) is 8.84. The number of nitrogens with one attached hydrogen (secondary N) is 1. The minimum absolute atomic E-state index is 0.137. The van der Waals surface area contributed by atoms with Crippen LogP contribution in [0.2, 0.25) is 0 Å². The number of nitrogens with zero attached hydrogens (tertiary/aromatic N) is 1. The summed E-state index contributed by atoms with van der Waals surface area (Å²) in [6.45, 7) is 1.63. The van der Waals surface area contributed by atoms with Gasteiger partial charge in [0.15, 0.2) is 0 Å².